The second-order valence-electron chi connectivity index (χ2n) is 6.94. The predicted molar refractivity (Wildman–Crippen MR) is 119 cm³/mol. The van der Waals surface area contributed by atoms with Gasteiger partial charge in [-0.3, -0.25) is 14.2 Å². The van der Waals surface area contributed by atoms with Gasteiger partial charge in [0.05, 0.1) is 29.6 Å². The van der Waals surface area contributed by atoms with Crippen LogP contribution in [0.4, 0.5) is 20.2 Å². The van der Waals surface area contributed by atoms with Gasteiger partial charge in [-0.05, 0) is 24.6 Å². The van der Waals surface area contributed by atoms with Crippen molar-refractivity contribution in [3.05, 3.63) is 62.2 Å². The summed E-state index contributed by atoms with van der Waals surface area (Å²) in [5, 5.41) is 20.7. The quantitative estimate of drug-likeness (QED) is 0.531. The van der Waals surface area contributed by atoms with Crippen molar-refractivity contribution in [3.63, 3.8) is 0 Å². The van der Waals surface area contributed by atoms with E-state index < -0.39 is 41.0 Å². The number of pyridine rings is 2. The number of aliphatic hydroxyl groups is 2. The predicted octanol–water partition coefficient (Wildman–Crippen LogP) is 2.33. The SMILES string of the molecule is CC.Cc1ccc(Nc2c(F)c(=O)n(C)c3c2c(=O)c(OCC(O)CO)cn3C)c(F)c1. The number of rotatable bonds is 6. The molecule has 3 rings (SSSR count). The lowest BCUT2D eigenvalue weighted by atomic mass is 10.1. The molecule has 3 N–H and O–H groups in total. The third kappa shape index (κ3) is 4.81. The zero-order chi connectivity index (χ0) is 24.2. The van der Waals surface area contributed by atoms with E-state index in [0.717, 1.165) is 4.57 Å². The van der Waals surface area contributed by atoms with Crippen molar-refractivity contribution >= 4 is 22.4 Å². The van der Waals surface area contributed by atoms with Crippen LogP contribution in [0.5, 0.6) is 5.75 Å². The van der Waals surface area contributed by atoms with Gasteiger partial charge < -0.3 is 24.8 Å². The van der Waals surface area contributed by atoms with Crippen LogP contribution in [0, 0.1) is 18.6 Å². The van der Waals surface area contributed by atoms with Gasteiger partial charge in [-0.15, -0.1) is 0 Å². The number of nitrogens with zero attached hydrogens (tertiary/aromatic N) is 2. The van der Waals surface area contributed by atoms with Crippen LogP contribution in [-0.4, -0.2) is 38.7 Å². The van der Waals surface area contributed by atoms with Crippen molar-refractivity contribution in [1.82, 2.24) is 9.13 Å². The number of nitrogens with one attached hydrogen (secondary N) is 1. The molecule has 0 saturated heterocycles. The van der Waals surface area contributed by atoms with Crippen molar-refractivity contribution in [2.75, 3.05) is 18.5 Å². The van der Waals surface area contributed by atoms with E-state index in [1.54, 1.807) is 13.0 Å². The minimum atomic E-state index is -1.25. The highest BCUT2D eigenvalue weighted by Gasteiger charge is 2.23. The van der Waals surface area contributed by atoms with E-state index in [2.05, 4.69) is 5.32 Å². The largest absolute Gasteiger partial charge is 0.485 e. The Balaban J connectivity index is 0.00000176. The third-order valence-electron chi connectivity index (χ3n) is 4.63. The van der Waals surface area contributed by atoms with Gasteiger partial charge in [-0.25, -0.2) is 4.39 Å². The Kier molecular flexibility index (Phi) is 8.12. The maximum atomic E-state index is 14.9. The summed E-state index contributed by atoms with van der Waals surface area (Å²) < 4.78 is 36.9. The lowest BCUT2D eigenvalue weighted by Crippen LogP contribution is -2.28. The summed E-state index contributed by atoms with van der Waals surface area (Å²) in [6.45, 7) is 4.73. The highest BCUT2D eigenvalue weighted by molar-refractivity contribution is 5.92. The van der Waals surface area contributed by atoms with E-state index in [0.29, 0.717) is 5.56 Å². The molecule has 3 aromatic rings. The van der Waals surface area contributed by atoms with Crippen molar-refractivity contribution in [3.8, 4) is 5.75 Å². The number of aryl methyl sites for hydroxylation is 3. The number of halogens is 2. The van der Waals surface area contributed by atoms with E-state index >= 15 is 0 Å². The fourth-order valence-corrected chi connectivity index (χ4v) is 3.10. The maximum Gasteiger partial charge on any atom is 0.290 e. The first-order valence-electron chi connectivity index (χ1n) is 10.0. The molecule has 32 heavy (non-hydrogen) atoms. The van der Waals surface area contributed by atoms with Crippen molar-refractivity contribution in [1.29, 1.82) is 0 Å². The van der Waals surface area contributed by atoms with Crippen LogP contribution in [0.3, 0.4) is 0 Å². The van der Waals surface area contributed by atoms with Crippen molar-refractivity contribution in [2.24, 2.45) is 14.1 Å². The van der Waals surface area contributed by atoms with E-state index in [1.165, 1.54) is 37.0 Å². The Morgan fingerprint density at radius 2 is 1.84 bits per heavy atom. The highest BCUT2D eigenvalue weighted by Crippen LogP contribution is 2.28. The second kappa shape index (κ2) is 10.4. The van der Waals surface area contributed by atoms with Crippen molar-refractivity contribution < 1.29 is 23.7 Å². The molecule has 1 atom stereocenters. The van der Waals surface area contributed by atoms with Gasteiger partial charge in [0.2, 0.25) is 11.2 Å². The summed E-state index contributed by atoms with van der Waals surface area (Å²) >= 11 is 0. The minimum absolute atomic E-state index is 0.0801. The zero-order valence-electron chi connectivity index (χ0n) is 18.6. The lowest BCUT2D eigenvalue weighted by molar-refractivity contribution is 0.0531. The number of anilines is 2. The molecule has 2 heterocycles. The summed E-state index contributed by atoms with van der Waals surface area (Å²) in [4.78, 5) is 25.4. The molecule has 0 aliphatic carbocycles. The first kappa shape index (κ1) is 25.0. The summed E-state index contributed by atoms with van der Waals surface area (Å²) in [6.07, 6.45) is 0.0593. The fraction of sp³-hybridized carbons (Fsp3) is 0.364. The van der Waals surface area contributed by atoms with Gasteiger partial charge in [0, 0.05) is 14.1 Å². The number of hydrogen-bond acceptors (Lipinski definition) is 6. The molecule has 174 valence electrons. The molecule has 1 unspecified atom stereocenters. The molecular weight excluding hydrogens is 424 g/mol. The number of ether oxygens (including phenoxy) is 1. The third-order valence-corrected chi connectivity index (χ3v) is 4.63. The van der Waals surface area contributed by atoms with Gasteiger partial charge in [-0.1, -0.05) is 19.9 Å². The summed E-state index contributed by atoms with van der Waals surface area (Å²) in [6, 6.07) is 4.19. The van der Waals surface area contributed by atoms with Crippen LogP contribution < -0.4 is 21.0 Å². The Morgan fingerprint density at radius 3 is 2.44 bits per heavy atom. The molecule has 0 saturated carbocycles. The topological polar surface area (TPSA) is 106 Å². The molecule has 1 aromatic carbocycles. The van der Waals surface area contributed by atoms with Crippen LogP contribution in [0.2, 0.25) is 0 Å². The molecule has 10 heteroatoms. The van der Waals surface area contributed by atoms with E-state index in [1.807, 2.05) is 13.8 Å². The van der Waals surface area contributed by atoms with E-state index in [9.17, 15) is 23.5 Å². The minimum Gasteiger partial charge on any atom is -0.485 e. The number of aromatic nitrogens is 2. The first-order chi connectivity index (χ1) is 15.1. The molecule has 0 radical (unpaired) electrons. The van der Waals surface area contributed by atoms with E-state index in [4.69, 9.17) is 9.84 Å². The van der Waals surface area contributed by atoms with Crippen LogP contribution >= 0.6 is 0 Å². The van der Waals surface area contributed by atoms with Crippen LogP contribution in [0.15, 0.2) is 34.0 Å². The van der Waals surface area contributed by atoms with E-state index in [-0.39, 0.29) is 29.1 Å². The number of hydrogen-bond donors (Lipinski definition) is 3. The molecule has 0 spiro atoms. The standard InChI is InChI=1S/C20H21F2N3O5.C2H6/c1-10-4-5-13(12(21)6-10)23-17-15-18(28)14(30-9-11(27)8-26)7-24(2)19(15)25(3)20(29)16(17)22;1-2/h4-7,11,23,26-27H,8-9H2,1-3H3;1-2H3. The van der Waals surface area contributed by atoms with Gasteiger partial charge in [0.1, 0.15) is 24.2 Å². The molecule has 0 bridgehead atoms. The van der Waals surface area contributed by atoms with Gasteiger partial charge in [-0.2, -0.15) is 4.39 Å². The number of aliphatic hydroxyl groups excluding tert-OH is 2. The van der Waals surface area contributed by atoms with Crippen molar-refractivity contribution in [2.45, 2.75) is 26.9 Å². The Labute approximate surface area is 183 Å². The van der Waals surface area contributed by atoms with Gasteiger partial charge >= 0.3 is 0 Å². The second-order valence-corrected chi connectivity index (χ2v) is 6.94. The molecule has 8 nitrogen and oxygen atoms in total. The van der Waals surface area contributed by atoms with Crippen LogP contribution in [0.25, 0.3) is 11.0 Å². The smallest absolute Gasteiger partial charge is 0.290 e. The van der Waals surface area contributed by atoms with Crippen LogP contribution in [0.1, 0.15) is 19.4 Å². The fourth-order valence-electron chi connectivity index (χ4n) is 3.10. The van der Waals surface area contributed by atoms with Gasteiger partial charge in [0.25, 0.3) is 5.56 Å². The van der Waals surface area contributed by atoms with Gasteiger partial charge in [0.15, 0.2) is 5.75 Å². The summed E-state index contributed by atoms with van der Waals surface area (Å²) in [5.74, 6) is -2.17. The molecule has 0 aliphatic heterocycles. The summed E-state index contributed by atoms with van der Waals surface area (Å²) in [5.41, 5.74) is -1.64. The molecule has 0 fully saturated rings. The monoisotopic (exact) mass is 451 g/mol. The molecule has 0 aliphatic rings. The number of benzene rings is 1. The highest BCUT2D eigenvalue weighted by atomic mass is 19.1. The normalized spacial score (nSPS) is 11.7. The Morgan fingerprint density at radius 1 is 1.19 bits per heavy atom. The van der Waals surface area contributed by atoms with Crippen LogP contribution in [-0.2, 0) is 14.1 Å². The summed E-state index contributed by atoms with van der Waals surface area (Å²) in [7, 11) is 2.82. The Hall–Kier alpha value is -3.24. The zero-order valence-corrected chi connectivity index (χ0v) is 18.6. The lowest BCUT2D eigenvalue weighted by Gasteiger charge is -2.18. The maximum absolute atomic E-state index is 14.9. The number of fused-ring (bicyclic) bond motifs is 1. The molecule has 0 amide bonds. The molecule has 2 aromatic heterocycles. The first-order valence-corrected chi connectivity index (χ1v) is 10.0. The Bertz CT molecular complexity index is 1240. The molecular formula is C22H27F2N3O5. The average Bonchev–Trinajstić information content (AvgIpc) is 2.78. The average molecular weight is 451 g/mol.